The summed E-state index contributed by atoms with van der Waals surface area (Å²) >= 11 is 0. The minimum absolute atomic E-state index is 0.351. The molecule has 0 aromatic rings. The highest BCUT2D eigenvalue weighted by atomic mass is 16.5. The largest absolute Gasteiger partial charge is 0.384 e. The van der Waals surface area contributed by atoms with Crippen molar-refractivity contribution in [3.05, 3.63) is 0 Å². The molecule has 66 valence electrons. The second-order valence-corrected chi connectivity index (χ2v) is 3.57. The van der Waals surface area contributed by atoms with Gasteiger partial charge in [0.25, 0.3) is 0 Å². The van der Waals surface area contributed by atoms with Gasteiger partial charge in [-0.2, -0.15) is 0 Å². The quantitative estimate of drug-likeness (QED) is 0.621. The summed E-state index contributed by atoms with van der Waals surface area (Å²) < 4.78 is 10.4. The average molecular weight is 158 g/mol. The summed E-state index contributed by atoms with van der Waals surface area (Å²) in [7, 11) is 3.55. The maximum Gasteiger partial charge on any atom is 0.0540 e. The first kappa shape index (κ1) is 9.01. The van der Waals surface area contributed by atoms with Crippen molar-refractivity contribution < 1.29 is 9.47 Å². The van der Waals surface area contributed by atoms with Gasteiger partial charge in [-0.05, 0) is 12.8 Å². The zero-order chi connectivity index (χ0) is 8.16. The van der Waals surface area contributed by atoms with Crippen molar-refractivity contribution in [3.63, 3.8) is 0 Å². The molecular formula is C9H18O2. The lowest BCUT2D eigenvalue weighted by Gasteiger charge is -2.26. The molecule has 1 aliphatic carbocycles. The molecule has 0 heterocycles. The van der Waals surface area contributed by atoms with E-state index in [0.717, 1.165) is 13.2 Å². The van der Waals surface area contributed by atoms with Crippen LogP contribution < -0.4 is 0 Å². The van der Waals surface area contributed by atoms with E-state index in [4.69, 9.17) is 9.47 Å². The van der Waals surface area contributed by atoms with Gasteiger partial charge in [-0.1, -0.05) is 12.8 Å². The molecule has 0 spiro atoms. The van der Waals surface area contributed by atoms with Crippen molar-refractivity contribution in [2.75, 3.05) is 27.4 Å². The average Bonchev–Trinajstić information content (AvgIpc) is 2.39. The van der Waals surface area contributed by atoms with Gasteiger partial charge in [0.1, 0.15) is 0 Å². The SMILES string of the molecule is COCC1(COC)CCCC1. The molecule has 0 aromatic carbocycles. The molecule has 1 fully saturated rings. The second kappa shape index (κ2) is 4.07. The van der Waals surface area contributed by atoms with Gasteiger partial charge in [-0.15, -0.1) is 0 Å². The van der Waals surface area contributed by atoms with Gasteiger partial charge in [0.15, 0.2) is 0 Å². The van der Waals surface area contributed by atoms with Gasteiger partial charge < -0.3 is 9.47 Å². The van der Waals surface area contributed by atoms with Crippen molar-refractivity contribution in [2.24, 2.45) is 5.41 Å². The van der Waals surface area contributed by atoms with E-state index in [0.29, 0.717) is 5.41 Å². The van der Waals surface area contributed by atoms with Crippen LogP contribution in [0.4, 0.5) is 0 Å². The van der Waals surface area contributed by atoms with Crippen LogP contribution in [0, 0.1) is 5.41 Å². The molecule has 0 aliphatic heterocycles. The lowest BCUT2D eigenvalue weighted by Crippen LogP contribution is -2.28. The van der Waals surface area contributed by atoms with E-state index in [9.17, 15) is 0 Å². The van der Waals surface area contributed by atoms with Crippen LogP contribution in [0.25, 0.3) is 0 Å². The first-order valence-corrected chi connectivity index (χ1v) is 4.31. The molecular weight excluding hydrogens is 140 g/mol. The van der Waals surface area contributed by atoms with Crippen LogP contribution in [0.3, 0.4) is 0 Å². The smallest absolute Gasteiger partial charge is 0.0540 e. The molecule has 0 bridgehead atoms. The predicted octanol–water partition coefficient (Wildman–Crippen LogP) is 1.84. The number of ether oxygens (including phenoxy) is 2. The third kappa shape index (κ3) is 2.17. The minimum atomic E-state index is 0.351. The highest BCUT2D eigenvalue weighted by Crippen LogP contribution is 2.38. The van der Waals surface area contributed by atoms with Gasteiger partial charge in [-0.3, -0.25) is 0 Å². The molecule has 1 aliphatic rings. The van der Waals surface area contributed by atoms with Crippen molar-refractivity contribution in [1.29, 1.82) is 0 Å². The predicted molar refractivity (Wildman–Crippen MR) is 44.7 cm³/mol. The van der Waals surface area contributed by atoms with Crippen LogP contribution >= 0.6 is 0 Å². The molecule has 0 radical (unpaired) electrons. The van der Waals surface area contributed by atoms with Gasteiger partial charge in [0.2, 0.25) is 0 Å². The van der Waals surface area contributed by atoms with E-state index in [1.165, 1.54) is 25.7 Å². The normalized spacial score (nSPS) is 22.4. The Labute approximate surface area is 68.9 Å². The molecule has 0 saturated heterocycles. The topological polar surface area (TPSA) is 18.5 Å². The Morgan fingerprint density at radius 3 is 1.82 bits per heavy atom. The molecule has 1 saturated carbocycles. The van der Waals surface area contributed by atoms with Crippen LogP contribution in [0.1, 0.15) is 25.7 Å². The van der Waals surface area contributed by atoms with Crippen LogP contribution in [0.2, 0.25) is 0 Å². The fraction of sp³-hybridized carbons (Fsp3) is 1.00. The summed E-state index contributed by atoms with van der Waals surface area (Å²) in [6.45, 7) is 1.72. The summed E-state index contributed by atoms with van der Waals surface area (Å²) in [5.41, 5.74) is 0.351. The van der Waals surface area contributed by atoms with Crippen molar-refractivity contribution >= 4 is 0 Å². The molecule has 0 amide bonds. The molecule has 2 nitrogen and oxygen atoms in total. The van der Waals surface area contributed by atoms with Crippen LogP contribution in [-0.2, 0) is 9.47 Å². The zero-order valence-electron chi connectivity index (χ0n) is 7.56. The summed E-state index contributed by atoms with van der Waals surface area (Å²) in [5.74, 6) is 0. The van der Waals surface area contributed by atoms with Crippen LogP contribution in [0.5, 0.6) is 0 Å². The molecule has 0 aromatic heterocycles. The van der Waals surface area contributed by atoms with Crippen molar-refractivity contribution in [2.45, 2.75) is 25.7 Å². The Balaban J connectivity index is 2.40. The molecule has 0 atom stereocenters. The van der Waals surface area contributed by atoms with Crippen LogP contribution in [-0.4, -0.2) is 27.4 Å². The van der Waals surface area contributed by atoms with E-state index in [1.54, 1.807) is 14.2 Å². The van der Waals surface area contributed by atoms with E-state index in [1.807, 2.05) is 0 Å². The zero-order valence-corrected chi connectivity index (χ0v) is 7.56. The number of methoxy groups -OCH3 is 2. The fourth-order valence-corrected chi connectivity index (χ4v) is 2.07. The first-order valence-electron chi connectivity index (χ1n) is 4.31. The van der Waals surface area contributed by atoms with Crippen LogP contribution in [0.15, 0.2) is 0 Å². The highest BCUT2D eigenvalue weighted by Gasteiger charge is 2.33. The molecule has 0 unspecified atom stereocenters. The molecule has 1 rings (SSSR count). The van der Waals surface area contributed by atoms with Crippen molar-refractivity contribution in [3.8, 4) is 0 Å². The maximum absolute atomic E-state index is 5.20. The Bertz CT molecular complexity index is 98.1. The standard InChI is InChI=1S/C9H18O2/c1-10-7-9(8-11-2)5-3-4-6-9/h3-8H2,1-2H3. The summed E-state index contributed by atoms with van der Waals surface area (Å²) in [5, 5.41) is 0. The van der Waals surface area contributed by atoms with Gasteiger partial charge >= 0.3 is 0 Å². The Morgan fingerprint density at radius 2 is 1.45 bits per heavy atom. The Kier molecular flexibility index (Phi) is 3.34. The lowest BCUT2D eigenvalue weighted by molar-refractivity contribution is 0.0146. The summed E-state index contributed by atoms with van der Waals surface area (Å²) in [6.07, 6.45) is 5.22. The number of hydrogen-bond acceptors (Lipinski definition) is 2. The highest BCUT2D eigenvalue weighted by molar-refractivity contribution is 4.84. The third-order valence-corrected chi connectivity index (χ3v) is 2.57. The van der Waals surface area contributed by atoms with Gasteiger partial charge in [0.05, 0.1) is 13.2 Å². The minimum Gasteiger partial charge on any atom is -0.384 e. The van der Waals surface area contributed by atoms with E-state index < -0.39 is 0 Å². The second-order valence-electron chi connectivity index (χ2n) is 3.57. The van der Waals surface area contributed by atoms with E-state index in [-0.39, 0.29) is 0 Å². The summed E-state index contributed by atoms with van der Waals surface area (Å²) in [4.78, 5) is 0. The fourth-order valence-electron chi connectivity index (χ4n) is 2.07. The van der Waals surface area contributed by atoms with E-state index in [2.05, 4.69) is 0 Å². The number of rotatable bonds is 4. The monoisotopic (exact) mass is 158 g/mol. The Morgan fingerprint density at radius 1 is 1.00 bits per heavy atom. The molecule has 11 heavy (non-hydrogen) atoms. The molecule has 2 heteroatoms. The third-order valence-electron chi connectivity index (χ3n) is 2.57. The molecule has 0 N–H and O–H groups in total. The summed E-state index contributed by atoms with van der Waals surface area (Å²) in [6, 6.07) is 0. The van der Waals surface area contributed by atoms with Gasteiger partial charge in [0, 0.05) is 19.6 Å². The maximum atomic E-state index is 5.20. The Hall–Kier alpha value is -0.0800. The first-order chi connectivity index (χ1) is 5.33. The number of hydrogen-bond donors (Lipinski definition) is 0. The van der Waals surface area contributed by atoms with Gasteiger partial charge in [-0.25, -0.2) is 0 Å². The lowest BCUT2D eigenvalue weighted by atomic mass is 9.88. The van der Waals surface area contributed by atoms with Crippen molar-refractivity contribution in [1.82, 2.24) is 0 Å². The van der Waals surface area contributed by atoms with E-state index >= 15 is 0 Å².